The van der Waals surface area contributed by atoms with Crippen molar-refractivity contribution in [2.24, 2.45) is 0 Å². The molecule has 0 radical (unpaired) electrons. The van der Waals surface area contributed by atoms with Crippen LogP contribution >= 0.6 is 0 Å². The van der Waals surface area contributed by atoms with E-state index in [-0.39, 0.29) is 23.9 Å². The summed E-state index contributed by atoms with van der Waals surface area (Å²) in [5.41, 5.74) is 1.88. The molecule has 4 nitrogen and oxygen atoms in total. The molecule has 4 heteroatoms. The molecular formula is C24H26N2O2. The van der Waals surface area contributed by atoms with Gasteiger partial charge in [-0.25, -0.2) is 0 Å². The van der Waals surface area contributed by atoms with Crippen molar-refractivity contribution in [1.82, 2.24) is 4.90 Å². The number of hydrogen-bond donors (Lipinski definition) is 1. The van der Waals surface area contributed by atoms with Crippen LogP contribution in [0.15, 0.2) is 66.7 Å². The summed E-state index contributed by atoms with van der Waals surface area (Å²) in [6.07, 6.45) is 0. The molecule has 0 bridgehead atoms. The van der Waals surface area contributed by atoms with Crippen molar-refractivity contribution >= 4 is 28.3 Å². The lowest BCUT2D eigenvalue weighted by Gasteiger charge is -2.30. The third kappa shape index (κ3) is 4.06. The minimum absolute atomic E-state index is 0.0222. The lowest BCUT2D eigenvalue weighted by molar-refractivity contribution is 0.0643. The van der Waals surface area contributed by atoms with Gasteiger partial charge in [0.05, 0.1) is 0 Å². The first-order chi connectivity index (χ1) is 13.4. The fourth-order valence-electron chi connectivity index (χ4n) is 3.51. The highest BCUT2D eigenvalue weighted by molar-refractivity contribution is 6.09. The maximum absolute atomic E-state index is 12.8. The average molecular weight is 374 g/mol. The van der Waals surface area contributed by atoms with Gasteiger partial charge in [-0.05, 0) is 63.4 Å². The number of carbonyl (C=O) groups excluding carboxylic acids is 2. The first-order valence-electron chi connectivity index (χ1n) is 9.60. The molecular weight excluding hydrogens is 348 g/mol. The summed E-state index contributed by atoms with van der Waals surface area (Å²) in [6.45, 7) is 8.02. The van der Waals surface area contributed by atoms with Gasteiger partial charge in [0.1, 0.15) is 0 Å². The number of benzene rings is 3. The molecule has 3 aromatic rings. The summed E-state index contributed by atoms with van der Waals surface area (Å²) in [5.74, 6) is -0.217. The summed E-state index contributed by atoms with van der Waals surface area (Å²) in [7, 11) is 0. The van der Waals surface area contributed by atoms with Crippen LogP contribution in [0.3, 0.4) is 0 Å². The molecule has 0 unspecified atom stereocenters. The Morgan fingerprint density at radius 2 is 1.32 bits per heavy atom. The maximum atomic E-state index is 12.8. The second kappa shape index (κ2) is 8.26. The summed E-state index contributed by atoms with van der Waals surface area (Å²) >= 11 is 0. The van der Waals surface area contributed by atoms with Crippen molar-refractivity contribution in [3.05, 3.63) is 77.9 Å². The van der Waals surface area contributed by atoms with Crippen molar-refractivity contribution in [2.45, 2.75) is 39.8 Å². The van der Waals surface area contributed by atoms with Crippen molar-refractivity contribution in [3.63, 3.8) is 0 Å². The van der Waals surface area contributed by atoms with E-state index in [0.717, 1.165) is 16.5 Å². The van der Waals surface area contributed by atoms with Gasteiger partial charge in [0.25, 0.3) is 11.8 Å². The molecule has 0 fully saturated rings. The molecule has 0 atom stereocenters. The van der Waals surface area contributed by atoms with E-state index < -0.39 is 0 Å². The summed E-state index contributed by atoms with van der Waals surface area (Å²) in [6, 6.07) is 20.8. The molecule has 0 saturated heterocycles. The van der Waals surface area contributed by atoms with Gasteiger partial charge in [-0.3, -0.25) is 9.59 Å². The van der Waals surface area contributed by atoms with Crippen LogP contribution in [0.5, 0.6) is 0 Å². The Kier molecular flexibility index (Phi) is 5.78. The molecule has 3 aromatic carbocycles. The van der Waals surface area contributed by atoms with Crippen LogP contribution in [0.25, 0.3) is 10.8 Å². The Bertz CT molecular complexity index is 978. The molecule has 0 saturated carbocycles. The normalized spacial score (nSPS) is 11.1. The number of nitrogens with one attached hydrogen (secondary N) is 1. The predicted molar refractivity (Wildman–Crippen MR) is 115 cm³/mol. The van der Waals surface area contributed by atoms with Crippen LogP contribution < -0.4 is 5.32 Å². The second-order valence-corrected chi connectivity index (χ2v) is 7.46. The monoisotopic (exact) mass is 374 g/mol. The fraction of sp³-hybridized carbons (Fsp3) is 0.250. The van der Waals surface area contributed by atoms with Crippen LogP contribution in [-0.4, -0.2) is 28.8 Å². The molecule has 3 rings (SSSR count). The summed E-state index contributed by atoms with van der Waals surface area (Å²) in [4.78, 5) is 27.3. The van der Waals surface area contributed by atoms with Crippen LogP contribution in [0.2, 0.25) is 0 Å². The quantitative estimate of drug-likeness (QED) is 0.654. The standard InChI is InChI=1S/C24H26N2O2/c1-16(2)26(17(3)4)24(28)20-14-12-19(13-15-20)23(27)25-22-11-7-9-18-8-5-6-10-21(18)22/h5-17H,1-4H3,(H,25,27). The van der Waals surface area contributed by atoms with Gasteiger partial charge in [0, 0.05) is 34.3 Å². The molecule has 144 valence electrons. The van der Waals surface area contributed by atoms with Crippen molar-refractivity contribution in [1.29, 1.82) is 0 Å². The number of nitrogens with zero attached hydrogens (tertiary/aromatic N) is 1. The van der Waals surface area contributed by atoms with Gasteiger partial charge in [-0.2, -0.15) is 0 Å². The van der Waals surface area contributed by atoms with Crippen LogP contribution in [0.1, 0.15) is 48.4 Å². The van der Waals surface area contributed by atoms with E-state index in [1.807, 2.05) is 75.1 Å². The Morgan fingerprint density at radius 3 is 1.96 bits per heavy atom. The van der Waals surface area contributed by atoms with Crippen LogP contribution in [0, 0.1) is 0 Å². The average Bonchev–Trinajstić information content (AvgIpc) is 2.68. The Morgan fingerprint density at radius 1 is 0.750 bits per heavy atom. The summed E-state index contributed by atoms with van der Waals surface area (Å²) < 4.78 is 0. The van der Waals surface area contributed by atoms with Gasteiger partial charge in [-0.15, -0.1) is 0 Å². The number of anilines is 1. The molecule has 0 spiro atoms. The minimum Gasteiger partial charge on any atom is -0.334 e. The van der Waals surface area contributed by atoms with Crippen molar-refractivity contribution < 1.29 is 9.59 Å². The zero-order chi connectivity index (χ0) is 20.3. The number of fused-ring (bicyclic) bond motifs is 1. The topological polar surface area (TPSA) is 49.4 Å². The second-order valence-electron chi connectivity index (χ2n) is 7.46. The van der Waals surface area contributed by atoms with E-state index in [1.165, 1.54) is 0 Å². The van der Waals surface area contributed by atoms with Crippen LogP contribution in [0.4, 0.5) is 5.69 Å². The minimum atomic E-state index is -0.195. The van der Waals surface area contributed by atoms with Gasteiger partial charge < -0.3 is 10.2 Å². The van der Waals surface area contributed by atoms with E-state index in [4.69, 9.17) is 0 Å². The van der Waals surface area contributed by atoms with Crippen molar-refractivity contribution in [3.8, 4) is 0 Å². The third-order valence-electron chi connectivity index (χ3n) is 4.78. The van der Waals surface area contributed by atoms with E-state index in [9.17, 15) is 9.59 Å². The highest BCUT2D eigenvalue weighted by Crippen LogP contribution is 2.23. The van der Waals surface area contributed by atoms with E-state index in [1.54, 1.807) is 24.3 Å². The Hall–Kier alpha value is -3.14. The van der Waals surface area contributed by atoms with Gasteiger partial charge in [0.2, 0.25) is 0 Å². The zero-order valence-electron chi connectivity index (χ0n) is 16.8. The highest BCUT2D eigenvalue weighted by Gasteiger charge is 2.21. The molecule has 28 heavy (non-hydrogen) atoms. The maximum Gasteiger partial charge on any atom is 0.255 e. The zero-order valence-corrected chi connectivity index (χ0v) is 16.8. The highest BCUT2D eigenvalue weighted by atomic mass is 16.2. The smallest absolute Gasteiger partial charge is 0.255 e. The predicted octanol–water partition coefficient (Wildman–Crippen LogP) is 5.35. The molecule has 0 heterocycles. The SMILES string of the molecule is CC(C)N(C(=O)c1ccc(C(=O)Nc2cccc3ccccc23)cc1)C(C)C. The Balaban J connectivity index is 1.79. The van der Waals surface area contributed by atoms with Gasteiger partial charge >= 0.3 is 0 Å². The molecule has 0 aliphatic heterocycles. The van der Waals surface area contributed by atoms with Gasteiger partial charge in [-0.1, -0.05) is 36.4 Å². The van der Waals surface area contributed by atoms with E-state index >= 15 is 0 Å². The lowest BCUT2D eigenvalue weighted by Crippen LogP contribution is -2.42. The third-order valence-corrected chi connectivity index (χ3v) is 4.78. The van der Waals surface area contributed by atoms with E-state index in [2.05, 4.69) is 5.32 Å². The summed E-state index contributed by atoms with van der Waals surface area (Å²) in [5, 5.41) is 5.04. The lowest BCUT2D eigenvalue weighted by atomic mass is 10.1. The molecule has 0 aliphatic carbocycles. The molecule has 1 N–H and O–H groups in total. The first-order valence-corrected chi connectivity index (χ1v) is 9.60. The number of amides is 2. The number of carbonyl (C=O) groups is 2. The van der Waals surface area contributed by atoms with Crippen molar-refractivity contribution in [2.75, 3.05) is 5.32 Å². The first kappa shape index (κ1) is 19.6. The van der Waals surface area contributed by atoms with Crippen LogP contribution in [-0.2, 0) is 0 Å². The molecule has 2 amide bonds. The molecule has 0 aromatic heterocycles. The molecule has 0 aliphatic rings. The number of rotatable bonds is 5. The number of hydrogen-bond acceptors (Lipinski definition) is 2. The Labute approximate surface area is 166 Å². The van der Waals surface area contributed by atoms with E-state index in [0.29, 0.717) is 11.1 Å². The van der Waals surface area contributed by atoms with Gasteiger partial charge in [0.15, 0.2) is 0 Å². The fourth-order valence-corrected chi connectivity index (χ4v) is 3.51. The largest absolute Gasteiger partial charge is 0.334 e.